The molecule has 0 bridgehead atoms. The monoisotopic (exact) mass is 437 g/mol. The van der Waals surface area contributed by atoms with Crippen LogP contribution in [0.5, 0.6) is 0 Å². The lowest BCUT2D eigenvalue weighted by Gasteiger charge is -2.80. The van der Waals surface area contributed by atoms with Crippen LogP contribution in [0.3, 0.4) is 0 Å². The first-order valence-electron chi connectivity index (χ1n) is 11.2. The highest BCUT2D eigenvalue weighted by atomic mass is 16.5. The van der Waals surface area contributed by atoms with Crippen LogP contribution in [-0.2, 0) is 35.8 Å². The van der Waals surface area contributed by atoms with Gasteiger partial charge in [0, 0.05) is 42.0 Å². The fourth-order valence-corrected chi connectivity index (χ4v) is 7.98. The maximum absolute atomic E-state index is 13.9. The first-order valence-corrected chi connectivity index (χ1v) is 11.2. The van der Waals surface area contributed by atoms with E-state index in [1.54, 1.807) is 6.92 Å². The van der Waals surface area contributed by atoms with Crippen LogP contribution < -0.4 is 0 Å². The standard InChI is InChI=1S/C23H23N3O6/c1-3-32-15(29)5-4-11-13(27)7-14(28)22-8-10-6-12-16-17(25-9-24-12)20(30)26(2)21(31)23(16,18(10)22)19(11)22/h9-11,18-19H,3-8H2,1-2H3. The van der Waals surface area contributed by atoms with Crippen molar-refractivity contribution in [2.45, 2.75) is 44.4 Å². The van der Waals surface area contributed by atoms with Crippen LogP contribution in [0.4, 0.5) is 0 Å². The number of carbonyl (C=O) groups is 5. The highest BCUT2D eigenvalue weighted by molar-refractivity contribution is 6.17. The molecule has 2 amide bonds. The third kappa shape index (κ3) is 1.91. The molecule has 1 aromatic heterocycles. The van der Waals surface area contributed by atoms with E-state index in [0.29, 0.717) is 24.1 Å². The summed E-state index contributed by atoms with van der Waals surface area (Å²) in [6, 6.07) is 0. The predicted molar refractivity (Wildman–Crippen MR) is 106 cm³/mol. The second-order valence-corrected chi connectivity index (χ2v) is 9.76. The third-order valence-electron chi connectivity index (χ3n) is 8.76. The SMILES string of the molecule is CCOC(=O)CCC1C(=O)CC(=O)C23CC4Cc5ncnc6c5C(C(=O)N(C)C6=O)(C42)C13. The van der Waals surface area contributed by atoms with Gasteiger partial charge < -0.3 is 4.74 Å². The van der Waals surface area contributed by atoms with Gasteiger partial charge in [0.2, 0.25) is 5.91 Å². The molecule has 6 rings (SSSR count). The van der Waals surface area contributed by atoms with E-state index in [0.717, 1.165) is 4.90 Å². The number of ether oxygens (including phenoxy) is 1. The summed E-state index contributed by atoms with van der Waals surface area (Å²) in [4.78, 5) is 74.9. The topological polar surface area (TPSA) is 124 Å². The van der Waals surface area contributed by atoms with Crippen molar-refractivity contribution in [3.05, 3.63) is 23.3 Å². The van der Waals surface area contributed by atoms with Crippen LogP contribution in [0.1, 0.15) is 54.4 Å². The van der Waals surface area contributed by atoms with Crippen LogP contribution in [0.25, 0.3) is 0 Å². The van der Waals surface area contributed by atoms with Crippen molar-refractivity contribution in [3.63, 3.8) is 0 Å². The Kier molecular flexibility index (Phi) is 3.74. The first-order chi connectivity index (χ1) is 15.3. The first kappa shape index (κ1) is 19.7. The molecule has 3 saturated carbocycles. The van der Waals surface area contributed by atoms with Crippen molar-refractivity contribution in [2.75, 3.05) is 13.7 Å². The van der Waals surface area contributed by atoms with Gasteiger partial charge in [-0.2, -0.15) is 0 Å². The molecule has 0 radical (unpaired) electrons. The molecule has 6 unspecified atom stereocenters. The molecule has 0 saturated heterocycles. The van der Waals surface area contributed by atoms with Crippen molar-refractivity contribution in [3.8, 4) is 0 Å². The van der Waals surface area contributed by atoms with E-state index >= 15 is 0 Å². The highest BCUT2D eigenvalue weighted by Gasteiger charge is 2.88. The van der Waals surface area contributed by atoms with Crippen LogP contribution in [0.2, 0.25) is 0 Å². The summed E-state index contributed by atoms with van der Waals surface area (Å²) in [5, 5.41) is 0. The highest BCUT2D eigenvalue weighted by Crippen LogP contribution is 2.82. The number of nitrogens with zero attached hydrogens (tertiary/aromatic N) is 3. The van der Waals surface area contributed by atoms with Gasteiger partial charge >= 0.3 is 5.97 Å². The van der Waals surface area contributed by atoms with Gasteiger partial charge in [-0.15, -0.1) is 0 Å². The van der Waals surface area contributed by atoms with Crippen molar-refractivity contribution in [1.29, 1.82) is 0 Å². The van der Waals surface area contributed by atoms with E-state index in [9.17, 15) is 24.0 Å². The number of likely N-dealkylation sites (N-methyl/N-ethyl adjacent to an activating group) is 1. The molecule has 6 atom stereocenters. The number of aromatic nitrogens is 2. The van der Waals surface area contributed by atoms with E-state index in [4.69, 9.17) is 4.74 Å². The Bertz CT molecular complexity index is 1150. The van der Waals surface area contributed by atoms with E-state index in [1.165, 1.54) is 13.4 Å². The number of imide groups is 1. The van der Waals surface area contributed by atoms with Crippen molar-refractivity contribution < 1.29 is 28.7 Å². The van der Waals surface area contributed by atoms with Crippen molar-refractivity contribution in [2.24, 2.45) is 29.1 Å². The average molecular weight is 437 g/mol. The summed E-state index contributed by atoms with van der Waals surface area (Å²) in [6.07, 6.45) is 2.69. The summed E-state index contributed by atoms with van der Waals surface area (Å²) in [5.74, 6) is -2.92. The van der Waals surface area contributed by atoms with Gasteiger partial charge in [0.05, 0.1) is 18.4 Å². The van der Waals surface area contributed by atoms with Crippen LogP contribution >= 0.6 is 0 Å². The zero-order chi connectivity index (χ0) is 22.6. The Morgan fingerprint density at radius 1 is 1.22 bits per heavy atom. The molecule has 2 heterocycles. The molecule has 5 aliphatic rings. The maximum Gasteiger partial charge on any atom is 0.305 e. The molecule has 0 N–H and O–H groups in total. The normalized spacial score (nSPS) is 38.2. The zero-order valence-electron chi connectivity index (χ0n) is 17.9. The molecule has 9 heteroatoms. The van der Waals surface area contributed by atoms with Crippen LogP contribution in [0.15, 0.2) is 6.33 Å². The van der Waals surface area contributed by atoms with Crippen LogP contribution in [-0.4, -0.2) is 57.9 Å². The summed E-state index contributed by atoms with van der Waals surface area (Å²) in [7, 11) is 1.44. The Morgan fingerprint density at radius 2 is 2.00 bits per heavy atom. The minimum absolute atomic E-state index is 0.0448. The van der Waals surface area contributed by atoms with Crippen molar-refractivity contribution >= 4 is 29.4 Å². The molecular weight excluding hydrogens is 414 g/mol. The molecular formula is C23H23N3O6. The number of Topliss-reactive ketones (excluding diaryl/α,β-unsaturated/α-hetero) is 2. The van der Waals surface area contributed by atoms with E-state index in [2.05, 4.69) is 9.97 Å². The van der Waals surface area contributed by atoms with Crippen molar-refractivity contribution in [1.82, 2.24) is 14.9 Å². The largest absolute Gasteiger partial charge is 0.466 e. The maximum atomic E-state index is 13.9. The number of ketones is 2. The summed E-state index contributed by atoms with van der Waals surface area (Å²) < 4.78 is 5.04. The number of rotatable bonds is 4. The molecule has 166 valence electrons. The number of esters is 1. The minimum Gasteiger partial charge on any atom is -0.466 e. The molecule has 2 spiro atoms. The molecule has 4 aliphatic carbocycles. The van der Waals surface area contributed by atoms with Gasteiger partial charge in [-0.1, -0.05) is 0 Å². The number of hydrogen-bond donors (Lipinski definition) is 0. The minimum atomic E-state index is -1.15. The summed E-state index contributed by atoms with van der Waals surface area (Å²) in [6.45, 7) is 1.96. The molecule has 32 heavy (non-hydrogen) atoms. The molecule has 0 aromatic carbocycles. The van der Waals surface area contributed by atoms with Gasteiger partial charge in [0.1, 0.15) is 23.6 Å². The lowest BCUT2D eigenvalue weighted by atomic mass is 9.20. The van der Waals surface area contributed by atoms with Gasteiger partial charge in [0.25, 0.3) is 5.91 Å². The van der Waals surface area contributed by atoms with Gasteiger partial charge in [-0.3, -0.25) is 28.9 Å². The third-order valence-corrected chi connectivity index (χ3v) is 8.76. The lowest BCUT2D eigenvalue weighted by molar-refractivity contribution is -0.270. The Labute approximate surface area is 183 Å². The molecule has 1 aromatic rings. The smallest absolute Gasteiger partial charge is 0.305 e. The lowest BCUT2D eigenvalue weighted by Crippen LogP contribution is -2.87. The average Bonchev–Trinajstić information content (AvgIpc) is 2.73. The molecule has 9 nitrogen and oxygen atoms in total. The summed E-state index contributed by atoms with van der Waals surface area (Å²) >= 11 is 0. The second-order valence-electron chi connectivity index (χ2n) is 9.76. The fraction of sp³-hybridized carbons (Fsp3) is 0.609. The Balaban J connectivity index is 1.53. The summed E-state index contributed by atoms with van der Waals surface area (Å²) in [5.41, 5.74) is -0.488. The number of hydrogen-bond acceptors (Lipinski definition) is 8. The quantitative estimate of drug-likeness (QED) is 0.382. The Hall–Kier alpha value is -2.97. The second kappa shape index (κ2) is 6.08. The van der Waals surface area contributed by atoms with E-state index < -0.39 is 34.5 Å². The Morgan fingerprint density at radius 3 is 2.75 bits per heavy atom. The predicted octanol–water partition coefficient (Wildman–Crippen LogP) is 0.636. The zero-order valence-corrected chi connectivity index (χ0v) is 17.9. The van der Waals surface area contributed by atoms with E-state index in [-0.39, 0.29) is 60.9 Å². The van der Waals surface area contributed by atoms with Gasteiger partial charge in [-0.05, 0) is 38.0 Å². The molecule has 3 fully saturated rings. The van der Waals surface area contributed by atoms with Gasteiger partial charge in [0.15, 0.2) is 0 Å². The van der Waals surface area contributed by atoms with E-state index in [1.807, 2.05) is 0 Å². The fourth-order valence-electron chi connectivity index (χ4n) is 7.98. The van der Waals surface area contributed by atoms with Gasteiger partial charge in [-0.25, -0.2) is 9.97 Å². The number of amides is 2. The molecule has 1 aliphatic heterocycles. The van der Waals surface area contributed by atoms with Crippen LogP contribution in [0, 0.1) is 29.1 Å². The number of carbonyl (C=O) groups excluding carboxylic acids is 5.